The topological polar surface area (TPSA) is 77.5 Å². The summed E-state index contributed by atoms with van der Waals surface area (Å²) in [7, 11) is 0. The average molecular weight is 456 g/mol. The minimum absolute atomic E-state index is 0.0534. The van der Waals surface area contributed by atoms with Crippen LogP contribution >= 0.6 is 0 Å². The predicted octanol–water partition coefficient (Wildman–Crippen LogP) is 3.17. The molecule has 2 saturated heterocycles. The van der Waals surface area contributed by atoms with Gasteiger partial charge in [0.15, 0.2) is 5.82 Å². The van der Waals surface area contributed by atoms with E-state index in [-0.39, 0.29) is 11.9 Å². The van der Waals surface area contributed by atoms with E-state index in [1.807, 2.05) is 6.20 Å². The molecular weight excluding hydrogens is 426 g/mol. The van der Waals surface area contributed by atoms with Crippen LogP contribution in [0.4, 0.5) is 17.2 Å². The fourth-order valence-electron chi connectivity index (χ4n) is 5.30. The number of nitrogens with one attached hydrogen (secondary N) is 1. The Morgan fingerprint density at radius 3 is 2.59 bits per heavy atom. The van der Waals surface area contributed by atoms with Crippen LogP contribution in [0.5, 0.6) is 0 Å². The van der Waals surface area contributed by atoms with E-state index in [0.29, 0.717) is 0 Å². The molecule has 1 amide bonds. The summed E-state index contributed by atoms with van der Waals surface area (Å²) in [5.74, 6) is 1.05. The van der Waals surface area contributed by atoms with Crippen molar-refractivity contribution in [1.82, 2.24) is 19.9 Å². The average Bonchev–Trinajstić information content (AvgIpc) is 2.90. The molecule has 8 heteroatoms. The van der Waals surface area contributed by atoms with Crippen molar-refractivity contribution >= 4 is 23.1 Å². The van der Waals surface area contributed by atoms with E-state index in [0.717, 1.165) is 86.9 Å². The molecule has 1 N–H and O–H groups in total. The maximum Gasteiger partial charge on any atom is 0.247 e. The number of rotatable bonds is 4. The highest BCUT2D eigenvalue weighted by Crippen LogP contribution is 2.34. The van der Waals surface area contributed by atoms with Gasteiger partial charge in [-0.1, -0.05) is 12.1 Å². The third-order valence-electron chi connectivity index (χ3n) is 7.13. The lowest BCUT2D eigenvalue weighted by Crippen LogP contribution is -2.51. The maximum absolute atomic E-state index is 12.6. The van der Waals surface area contributed by atoms with E-state index in [1.54, 1.807) is 18.6 Å². The van der Waals surface area contributed by atoms with Gasteiger partial charge in [0.25, 0.3) is 0 Å². The molecule has 6 rings (SSSR count). The molecule has 174 valence electrons. The molecule has 1 aromatic carbocycles. The fourth-order valence-corrected chi connectivity index (χ4v) is 5.30. The largest absolute Gasteiger partial charge is 0.369 e. The third-order valence-corrected chi connectivity index (χ3v) is 7.13. The zero-order valence-corrected chi connectivity index (χ0v) is 19.2. The van der Waals surface area contributed by atoms with Crippen LogP contribution in [-0.2, 0) is 11.3 Å². The summed E-state index contributed by atoms with van der Waals surface area (Å²) in [5, 5.41) is 3.10. The van der Waals surface area contributed by atoms with Gasteiger partial charge in [0, 0.05) is 69.1 Å². The van der Waals surface area contributed by atoms with Gasteiger partial charge >= 0.3 is 0 Å². The molecule has 34 heavy (non-hydrogen) atoms. The number of carbonyl (C=O) groups is 1. The van der Waals surface area contributed by atoms with E-state index in [2.05, 4.69) is 60.3 Å². The number of fused-ring (bicyclic) bond motifs is 3. The third kappa shape index (κ3) is 4.09. The van der Waals surface area contributed by atoms with Gasteiger partial charge in [0.05, 0.1) is 17.6 Å². The quantitative estimate of drug-likeness (QED) is 0.647. The van der Waals surface area contributed by atoms with Gasteiger partial charge in [-0.25, -0.2) is 4.98 Å². The minimum Gasteiger partial charge on any atom is -0.369 e. The number of hydrogen-bond acceptors (Lipinski definition) is 7. The number of benzene rings is 1. The van der Waals surface area contributed by atoms with Gasteiger partial charge < -0.3 is 15.1 Å². The van der Waals surface area contributed by atoms with Crippen LogP contribution in [0.25, 0.3) is 11.3 Å². The van der Waals surface area contributed by atoms with Crippen molar-refractivity contribution < 1.29 is 4.79 Å². The van der Waals surface area contributed by atoms with Crippen molar-refractivity contribution in [2.45, 2.75) is 31.8 Å². The van der Waals surface area contributed by atoms with Crippen molar-refractivity contribution in [2.75, 3.05) is 47.8 Å². The molecule has 0 aliphatic carbocycles. The van der Waals surface area contributed by atoms with Crippen LogP contribution < -0.4 is 15.1 Å². The number of amides is 1. The van der Waals surface area contributed by atoms with Gasteiger partial charge in [0.2, 0.25) is 5.91 Å². The first kappa shape index (κ1) is 21.0. The molecule has 5 heterocycles. The Morgan fingerprint density at radius 1 is 0.941 bits per heavy atom. The molecule has 1 atom stereocenters. The summed E-state index contributed by atoms with van der Waals surface area (Å²) in [6, 6.07) is 10.6. The summed E-state index contributed by atoms with van der Waals surface area (Å²) < 4.78 is 0. The van der Waals surface area contributed by atoms with Crippen LogP contribution in [0.1, 0.15) is 24.8 Å². The second-order valence-corrected chi connectivity index (χ2v) is 9.31. The van der Waals surface area contributed by atoms with E-state index in [9.17, 15) is 4.79 Å². The number of carbonyl (C=O) groups excluding carboxylic acids is 1. The number of aromatic nitrogens is 3. The molecule has 0 saturated carbocycles. The zero-order valence-electron chi connectivity index (χ0n) is 19.2. The van der Waals surface area contributed by atoms with Crippen molar-refractivity contribution in [3.8, 4) is 11.3 Å². The van der Waals surface area contributed by atoms with Gasteiger partial charge in [-0.05, 0) is 43.0 Å². The highest BCUT2D eigenvalue weighted by atomic mass is 16.2. The van der Waals surface area contributed by atoms with Gasteiger partial charge in [0.1, 0.15) is 6.04 Å². The molecule has 3 aliphatic heterocycles. The molecule has 2 aromatic heterocycles. The Balaban J connectivity index is 1.08. The Bertz CT molecular complexity index is 1160. The minimum atomic E-state index is -0.0534. The highest BCUT2D eigenvalue weighted by molar-refractivity contribution is 6.02. The van der Waals surface area contributed by atoms with Crippen molar-refractivity contribution in [3.05, 3.63) is 60.7 Å². The molecule has 0 spiro atoms. The van der Waals surface area contributed by atoms with Gasteiger partial charge in [-0.3, -0.25) is 19.7 Å². The first-order valence-electron chi connectivity index (χ1n) is 12.1. The maximum atomic E-state index is 12.6. The molecule has 3 aliphatic rings. The summed E-state index contributed by atoms with van der Waals surface area (Å²) in [6.07, 6.45) is 10.3. The first-order valence-corrected chi connectivity index (χ1v) is 12.1. The number of piperidine rings is 1. The SMILES string of the molecule is O=C1Nc2cc(CN3CCN(c4ccc(-c5cnccn5)cc4)CC3)cnc2N2CCCCC12. The predicted molar refractivity (Wildman–Crippen MR) is 133 cm³/mol. The normalized spacial score (nSPS) is 20.5. The van der Waals surface area contributed by atoms with Gasteiger partial charge in [-0.15, -0.1) is 0 Å². The monoisotopic (exact) mass is 455 g/mol. The Kier molecular flexibility index (Phi) is 5.58. The van der Waals surface area contributed by atoms with Crippen LogP contribution in [0.3, 0.4) is 0 Å². The highest BCUT2D eigenvalue weighted by Gasteiger charge is 2.35. The Labute approximate surface area is 199 Å². The van der Waals surface area contributed by atoms with Gasteiger partial charge in [-0.2, -0.15) is 0 Å². The lowest BCUT2D eigenvalue weighted by molar-refractivity contribution is -0.118. The molecular formula is C26H29N7O. The van der Waals surface area contributed by atoms with E-state index >= 15 is 0 Å². The smallest absolute Gasteiger partial charge is 0.247 e. The van der Waals surface area contributed by atoms with Crippen LogP contribution in [0.2, 0.25) is 0 Å². The lowest BCUT2D eigenvalue weighted by atomic mass is 9.99. The van der Waals surface area contributed by atoms with Crippen LogP contribution in [0.15, 0.2) is 55.1 Å². The standard InChI is InChI=1S/C26H29N7O/c34-26-24-3-1-2-10-33(24)25-22(30-26)15-19(16-29-25)18-31-11-13-32(14-12-31)21-6-4-20(5-7-21)23-17-27-8-9-28-23/h4-9,15-17,24H,1-3,10-14,18H2,(H,30,34). The Hall–Kier alpha value is -3.52. The number of hydrogen-bond donors (Lipinski definition) is 1. The number of piperazine rings is 1. The zero-order chi connectivity index (χ0) is 22.9. The molecule has 8 nitrogen and oxygen atoms in total. The van der Waals surface area contributed by atoms with E-state index < -0.39 is 0 Å². The summed E-state index contributed by atoms with van der Waals surface area (Å²) in [6.45, 7) is 5.70. The van der Waals surface area contributed by atoms with E-state index in [4.69, 9.17) is 4.98 Å². The van der Waals surface area contributed by atoms with Crippen molar-refractivity contribution in [1.29, 1.82) is 0 Å². The first-order chi connectivity index (χ1) is 16.7. The van der Waals surface area contributed by atoms with E-state index in [1.165, 1.54) is 5.69 Å². The molecule has 3 aromatic rings. The molecule has 1 unspecified atom stereocenters. The fraction of sp³-hybridized carbons (Fsp3) is 0.385. The molecule has 0 bridgehead atoms. The number of nitrogens with zero attached hydrogens (tertiary/aromatic N) is 6. The number of anilines is 3. The lowest BCUT2D eigenvalue weighted by Gasteiger charge is -2.40. The van der Waals surface area contributed by atoms with Crippen molar-refractivity contribution in [3.63, 3.8) is 0 Å². The Morgan fingerprint density at radius 2 is 1.79 bits per heavy atom. The molecule has 0 radical (unpaired) electrons. The number of pyridine rings is 1. The summed E-state index contributed by atoms with van der Waals surface area (Å²) in [4.78, 5) is 32.9. The second-order valence-electron chi connectivity index (χ2n) is 9.31. The summed E-state index contributed by atoms with van der Waals surface area (Å²) in [5.41, 5.74) is 5.23. The second kappa shape index (κ2) is 9.02. The summed E-state index contributed by atoms with van der Waals surface area (Å²) >= 11 is 0. The van der Waals surface area contributed by atoms with Crippen molar-refractivity contribution in [2.24, 2.45) is 0 Å². The molecule has 2 fully saturated rings. The van der Waals surface area contributed by atoms with Crippen LogP contribution in [0, 0.1) is 0 Å². The van der Waals surface area contributed by atoms with Crippen LogP contribution in [-0.4, -0.2) is 64.5 Å².